The highest BCUT2D eigenvalue weighted by atomic mass is 32.2. The highest BCUT2D eigenvalue weighted by Gasteiger charge is 2.83. The third-order valence-corrected chi connectivity index (χ3v) is 12.7. The number of fused-ring (bicyclic) bond motifs is 1. The molecule has 1 heterocycles. The van der Waals surface area contributed by atoms with Crippen LogP contribution in [0.3, 0.4) is 0 Å². The van der Waals surface area contributed by atoms with Crippen LogP contribution in [0.5, 0.6) is 0 Å². The summed E-state index contributed by atoms with van der Waals surface area (Å²) in [4.78, 5) is 0. The standard InChI is InChI=1S/C16H20F6O5S2.C11H7F6NO5S2.2CH4/c1-9(2)11-6-5-7-12(10(3)4)13(11)8-28(23,24)15(19,20)14(17,18)16(21,22)29(25,26)27;12-9(13,11(16,17)25(21,22)23)10(14,15)24(19,20)18-6-5-7-3-1-2-4-8(7)18;;/h5-7,9-10H,8H2,1-4H3,(H,25,26,27);1-6H,(H,21,22,23);2*1H4. The zero-order valence-electron chi connectivity index (χ0n) is 27.3. The van der Waals surface area contributed by atoms with Crippen molar-refractivity contribution in [1.82, 2.24) is 3.97 Å². The van der Waals surface area contributed by atoms with Crippen LogP contribution >= 0.6 is 0 Å². The molecule has 0 saturated carbocycles. The van der Waals surface area contributed by atoms with Gasteiger partial charge in [-0.1, -0.05) is 78.9 Å². The van der Waals surface area contributed by atoms with Crippen molar-refractivity contribution >= 4 is 51.0 Å². The minimum Gasteiger partial charge on any atom is -0.281 e. The first-order chi connectivity index (χ1) is 23.8. The highest BCUT2D eigenvalue weighted by Crippen LogP contribution is 2.53. The molecule has 0 saturated heterocycles. The van der Waals surface area contributed by atoms with Crippen LogP contribution in [-0.4, -0.2) is 79.6 Å². The molecule has 2 aromatic carbocycles. The second kappa shape index (κ2) is 16.2. The Bertz CT molecular complexity index is 2300. The monoisotopic (exact) mass is 913 g/mol. The van der Waals surface area contributed by atoms with Gasteiger partial charge < -0.3 is 0 Å². The van der Waals surface area contributed by atoms with Crippen molar-refractivity contribution in [1.29, 1.82) is 0 Å². The van der Waals surface area contributed by atoms with E-state index in [1.54, 1.807) is 27.7 Å². The predicted molar refractivity (Wildman–Crippen MR) is 180 cm³/mol. The predicted octanol–water partition coefficient (Wildman–Crippen LogP) is 8.36. The van der Waals surface area contributed by atoms with E-state index in [2.05, 4.69) is 0 Å². The summed E-state index contributed by atoms with van der Waals surface area (Å²) >= 11 is 0. The highest BCUT2D eigenvalue weighted by molar-refractivity contribution is 7.92. The van der Waals surface area contributed by atoms with Crippen LogP contribution in [-0.2, 0) is 45.8 Å². The van der Waals surface area contributed by atoms with E-state index in [4.69, 9.17) is 9.11 Å². The zero-order valence-corrected chi connectivity index (χ0v) is 30.6. The Kier molecular flexibility index (Phi) is 15.3. The lowest BCUT2D eigenvalue weighted by Gasteiger charge is -2.31. The fraction of sp³-hybridized carbons (Fsp3) is 0.517. The number of para-hydroxylation sites is 1. The molecular weight excluding hydrogens is 879 g/mol. The molecule has 3 aromatic rings. The van der Waals surface area contributed by atoms with Crippen LogP contribution in [0.25, 0.3) is 10.9 Å². The van der Waals surface area contributed by atoms with E-state index >= 15 is 0 Å². The second-order valence-corrected chi connectivity index (χ2v) is 18.6. The molecule has 0 aliphatic carbocycles. The average Bonchev–Trinajstić information content (AvgIpc) is 3.44. The fourth-order valence-electron chi connectivity index (χ4n) is 4.56. The van der Waals surface area contributed by atoms with E-state index in [-0.39, 0.29) is 40.9 Å². The van der Waals surface area contributed by atoms with Gasteiger partial charge in [0.25, 0.3) is 0 Å². The van der Waals surface area contributed by atoms with E-state index in [0.29, 0.717) is 6.20 Å². The van der Waals surface area contributed by atoms with Gasteiger partial charge in [0.15, 0.2) is 0 Å². The Morgan fingerprint density at radius 3 is 1.30 bits per heavy atom. The summed E-state index contributed by atoms with van der Waals surface area (Å²) in [5.74, 6) is -16.5. The summed E-state index contributed by atoms with van der Waals surface area (Å²) < 4.78 is 270. The van der Waals surface area contributed by atoms with Crippen LogP contribution in [0.15, 0.2) is 54.7 Å². The van der Waals surface area contributed by atoms with Crippen molar-refractivity contribution in [3.8, 4) is 0 Å². The Labute approximate surface area is 314 Å². The molecule has 0 amide bonds. The first-order valence-corrected chi connectivity index (χ1v) is 20.1. The molecular formula is C29H35F12NO10S4. The van der Waals surface area contributed by atoms with Crippen LogP contribution in [0, 0.1) is 0 Å². The molecule has 0 spiro atoms. The van der Waals surface area contributed by atoms with Gasteiger partial charge in [-0.3, -0.25) is 9.11 Å². The molecule has 11 nitrogen and oxygen atoms in total. The Balaban J connectivity index is 0.00000105. The molecule has 0 aliphatic rings. The number of sulfone groups is 1. The third-order valence-electron chi connectivity index (χ3n) is 7.47. The number of hydrogen-bond donors (Lipinski definition) is 2. The summed E-state index contributed by atoms with van der Waals surface area (Å²) in [7, 11) is -27.0. The van der Waals surface area contributed by atoms with E-state index < -0.39 is 96.1 Å². The molecule has 324 valence electrons. The smallest absolute Gasteiger partial charge is 0.281 e. The number of nitrogens with zero attached hydrogens (tertiary/aromatic N) is 1. The van der Waals surface area contributed by atoms with E-state index in [1.807, 2.05) is 0 Å². The van der Waals surface area contributed by atoms with Gasteiger partial charge in [0.2, 0.25) is 9.84 Å². The summed E-state index contributed by atoms with van der Waals surface area (Å²) in [6.07, 6.45) is 0.412. The van der Waals surface area contributed by atoms with Gasteiger partial charge >= 0.3 is 63.1 Å². The molecule has 27 heteroatoms. The van der Waals surface area contributed by atoms with Gasteiger partial charge in [0.1, 0.15) is 0 Å². The number of hydrogen-bond acceptors (Lipinski definition) is 8. The molecule has 0 radical (unpaired) electrons. The largest absolute Gasteiger partial charge is 0.439 e. The second-order valence-electron chi connectivity index (χ2n) is 11.8. The van der Waals surface area contributed by atoms with Crippen molar-refractivity contribution < 1.29 is 95.5 Å². The minimum absolute atomic E-state index is 0. The number of benzene rings is 2. The van der Waals surface area contributed by atoms with Crippen molar-refractivity contribution in [2.75, 3.05) is 0 Å². The van der Waals surface area contributed by atoms with E-state index in [0.717, 1.165) is 18.2 Å². The summed E-state index contributed by atoms with van der Waals surface area (Å²) in [5.41, 5.74) is -0.350. The normalized spacial score (nSPS) is 14.2. The van der Waals surface area contributed by atoms with Crippen LogP contribution in [0.4, 0.5) is 52.7 Å². The summed E-state index contributed by atoms with van der Waals surface area (Å²) in [6, 6.07) is 9.87. The van der Waals surface area contributed by atoms with Crippen molar-refractivity contribution in [2.24, 2.45) is 0 Å². The maximum absolute atomic E-state index is 14.2. The summed E-state index contributed by atoms with van der Waals surface area (Å²) in [5, 5.41) is -26.6. The van der Waals surface area contributed by atoms with Gasteiger partial charge in [-0.15, -0.1) is 0 Å². The van der Waals surface area contributed by atoms with Crippen molar-refractivity contribution in [2.45, 2.75) is 93.0 Å². The minimum atomic E-state index is -7.05. The molecule has 3 rings (SSSR count). The van der Waals surface area contributed by atoms with Crippen LogP contribution in [0.2, 0.25) is 0 Å². The Morgan fingerprint density at radius 1 is 0.554 bits per heavy atom. The first kappa shape index (κ1) is 52.9. The van der Waals surface area contributed by atoms with Gasteiger partial charge in [0, 0.05) is 11.6 Å². The first-order valence-electron chi connectivity index (χ1n) is 14.2. The number of alkyl halides is 12. The van der Waals surface area contributed by atoms with Crippen LogP contribution < -0.4 is 0 Å². The van der Waals surface area contributed by atoms with Crippen molar-refractivity contribution in [3.63, 3.8) is 0 Å². The van der Waals surface area contributed by atoms with Crippen LogP contribution in [0.1, 0.15) is 71.1 Å². The van der Waals surface area contributed by atoms with E-state index in [9.17, 15) is 86.4 Å². The molecule has 0 atom stereocenters. The lowest BCUT2D eigenvalue weighted by Crippen LogP contribution is -2.61. The van der Waals surface area contributed by atoms with Gasteiger partial charge in [-0.2, -0.15) is 77.9 Å². The maximum Gasteiger partial charge on any atom is 0.439 e. The molecule has 1 aromatic heterocycles. The molecule has 0 aliphatic heterocycles. The lowest BCUT2D eigenvalue weighted by molar-refractivity contribution is -0.245. The van der Waals surface area contributed by atoms with Crippen molar-refractivity contribution in [3.05, 3.63) is 71.4 Å². The molecule has 2 N–H and O–H groups in total. The maximum atomic E-state index is 14.2. The molecule has 0 bridgehead atoms. The topological polar surface area (TPSA) is 182 Å². The lowest BCUT2D eigenvalue weighted by atomic mass is 9.90. The van der Waals surface area contributed by atoms with Gasteiger partial charge in [0.05, 0.1) is 11.3 Å². The Hall–Kier alpha value is -3.14. The number of halogens is 12. The third kappa shape index (κ3) is 8.51. The van der Waals surface area contributed by atoms with E-state index in [1.165, 1.54) is 30.3 Å². The Morgan fingerprint density at radius 2 is 0.929 bits per heavy atom. The zero-order chi connectivity index (χ0) is 42.7. The molecule has 0 unspecified atom stereocenters. The van der Waals surface area contributed by atoms with Gasteiger partial charge in [-0.25, -0.2) is 12.4 Å². The summed E-state index contributed by atoms with van der Waals surface area (Å²) in [6.45, 7) is 6.31. The van der Waals surface area contributed by atoms with Gasteiger partial charge in [-0.05, 0) is 40.7 Å². The SMILES string of the molecule is C.C.CC(C)c1cccc(C(C)C)c1CS(=O)(=O)C(F)(F)C(F)(F)C(F)(F)S(=O)(=O)O.O=S(=O)(O)C(F)(F)C(F)(F)C(F)(F)S(=O)(=O)n1ccc2ccccc21. The molecule has 0 fully saturated rings. The number of rotatable bonds is 13. The average molecular weight is 914 g/mol. The fourth-order valence-corrected chi connectivity index (χ4v) is 8.36. The molecule has 56 heavy (non-hydrogen) atoms. The number of aromatic nitrogens is 1. The quantitative estimate of drug-likeness (QED) is 0.125.